The first-order valence-corrected chi connectivity index (χ1v) is 7.65. The van der Waals surface area contributed by atoms with Gasteiger partial charge in [-0.05, 0) is 26.1 Å². The highest BCUT2D eigenvalue weighted by atomic mass is 32.2. The predicted molar refractivity (Wildman–Crippen MR) is 79.8 cm³/mol. The minimum Gasteiger partial charge on any atom is -0.468 e. The molecule has 102 valence electrons. The molecule has 0 bridgehead atoms. The minimum atomic E-state index is -0.697. The van der Waals surface area contributed by atoms with Crippen molar-refractivity contribution in [3.63, 3.8) is 0 Å². The van der Waals surface area contributed by atoms with E-state index in [9.17, 15) is 4.79 Å². The minimum absolute atomic E-state index is 0.261. The number of hydrogen-bond acceptors (Lipinski definition) is 6. The number of para-hydroxylation sites is 1. The molecule has 0 aliphatic heterocycles. The predicted octanol–water partition coefficient (Wildman–Crippen LogP) is 2.54. The Hall–Kier alpha value is -1.11. The Bertz CT molecular complexity index is 552. The molecule has 1 atom stereocenters. The number of methoxy groups -OCH3 is 1. The van der Waals surface area contributed by atoms with Crippen LogP contribution in [-0.2, 0) is 9.53 Å². The highest BCUT2D eigenvalue weighted by Crippen LogP contribution is 2.31. The van der Waals surface area contributed by atoms with Crippen molar-refractivity contribution in [2.24, 2.45) is 0 Å². The number of ether oxygens (including phenoxy) is 1. The van der Waals surface area contributed by atoms with Crippen LogP contribution in [0.4, 0.5) is 0 Å². The summed E-state index contributed by atoms with van der Waals surface area (Å²) in [6, 6.07) is 8.02. The van der Waals surface area contributed by atoms with Crippen molar-refractivity contribution < 1.29 is 9.53 Å². The zero-order valence-corrected chi connectivity index (χ0v) is 12.7. The first-order valence-electron chi connectivity index (χ1n) is 5.85. The van der Waals surface area contributed by atoms with E-state index >= 15 is 0 Å². The number of rotatable bonds is 5. The van der Waals surface area contributed by atoms with Gasteiger partial charge in [0.05, 0.1) is 17.3 Å². The van der Waals surface area contributed by atoms with Gasteiger partial charge in [0.1, 0.15) is 5.54 Å². The van der Waals surface area contributed by atoms with E-state index in [-0.39, 0.29) is 5.97 Å². The number of aromatic nitrogens is 1. The van der Waals surface area contributed by atoms with Crippen molar-refractivity contribution in [2.75, 3.05) is 19.9 Å². The summed E-state index contributed by atoms with van der Waals surface area (Å²) >= 11 is 3.21. The van der Waals surface area contributed by atoms with Gasteiger partial charge in [0.2, 0.25) is 0 Å². The second-order valence-electron chi connectivity index (χ2n) is 4.31. The topological polar surface area (TPSA) is 51.2 Å². The average molecular weight is 296 g/mol. The number of thiazole rings is 1. The number of hydrogen-bond donors (Lipinski definition) is 1. The van der Waals surface area contributed by atoms with Gasteiger partial charge < -0.3 is 10.1 Å². The summed E-state index contributed by atoms with van der Waals surface area (Å²) in [5, 5.41) is 3.01. The van der Waals surface area contributed by atoms with E-state index in [4.69, 9.17) is 4.74 Å². The van der Waals surface area contributed by atoms with E-state index in [0.29, 0.717) is 5.75 Å². The standard InChI is InChI=1S/C13H16N2O2S2/c1-13(14-2,11(16)17-3)8-18-12-15-9-6-4-5-7-10(9)19-12/h4-7,14H,8H2,1-3H3. The molecule has 2 aromatic rings. The molecule has 0 radical (unpaired) electrons. The van der Waals surface area contributed by atoms with Crippen LogP contribution in [0.25, 0.3) is 10.2 Å². The number of fused-ring (bicyclic) bond motifs is 1. The number of thioether (sulfide) groups is 1. The molecule has 1 heterocycles. The van der Waals surface area contributed by atoms with Gasteiger partial charge in [-0.15, -0.1) is 11.3 Å². The number of nitrogens with zero attached hydrogens (tertiary/aromatic N) is 1. The first-order chi connectivity index (χ1) is 9.09. The van der Waals surface area contributed by atoms with Crippen LogP contribution in [0.15, 0.2) is 28.6 Å². The second-order valence-corrected chi connectivity index (χ2v) is 6.56. The van der Waals surface area contributed by atoms with Gasteiger partial charge in [0.15, 0.2) is 4.34 Å². The van der Waals surface area contributed by atoms with Gasteiger partial charge in [0, 0.05) is 5.75 Å². The molecule has 2 rings (SSSR count). The lowest BCUT2D eigenvalue weighted by atomic mass is 10.1. The third-order valence-electron chi connectivity index (χ3n) is 2.95. The molecule has 0 saturated heterocycles. The van der Waals surface area contributed by atoms with Gasteiger partial charge >= 0.3 is 5.97 Å². The van der Waals surface area contributed by atoms with Crippen LogP contribution in [0.1, 0.15) is 6.92 Å². The summed E-state index contributed by atoms with van der Waals surface area (Å²) < 4.78 is 6.95. The fourth-order valence-corrected chi connectivity index (χ4v) is 3.79. The Morgan fingerprint density at radius 3 is 2.89 bits per heavy atom. The molecule has 4 nitrogen and oxygen atoms in total. The zero-order chi connectivity index (χ0) is 13.9. The fourth-order valence-electron chi connectivity index (χ4n) is 1.58. The van der Waals surface area contributed by atoms with E-state index in [1.807, 2.05) is 25.1 Å². The lowest BCUT2D eigenvalue weighted by Gasteiger charge is -2.24. The fraction of sp³-hybridized carbons (Fsp3) is 0.385. The maximum Gasteiger partial charge on any atom is 0.326 e. The van der Waals surface area contributed by atoms with Gasteiger partial charge in [-0.25, -0.2) is 4.98 Å². The molecule has 0 aliphatic carbocycles. The van der Waals surface area contributed by atoms with Crippen molar-refractivity contribution in [3.05, 3.63) is 24.3 Å². The maximum absolute atomic E-state index is 11.7. The lowest BCUT2D eigenvalue weighted by molar-refractivity contribution is -0.146. The average Bonchev–Trinajstić information content (AvgIpc) is 2.86. The van der Waals surface area contributed by atoms with Crippen molar-refractivity contribution in [1.29, 1.82) is 0 Å². The summed E-state index contributed by atoms with van der Waals surface area (Å²) in [4.78, 5) is 16.3. The molecule has 6 heteroatoms. The largest absolute Gasteiger partial charge is 0.468 e. The molecule has 0 aliphatic rings. The molecule has 19 heavy (non-hydrogen) atoms. The first kappa shape index (κ1) is 14.3. The molecule has 1 aromatic heterocycles. The molecule has 1 aromatic carbocycles. The smallest absolute Gasteiger partial charge is 0.326 e. The van der Waals surface area contributed by atoms with Gasteiger partial charge in [0.25, 0.3) is 0 Å². The summed E-state index contributed by atoms with van der Waals surface area (Å²) in [5.74, 6) is 0.319. The molecular formula is C13H16N2O2S2. The summed E-state index contributed by atoms with van der Waals surface area (Å²) in [6.07, 6.45) is 0. The van der Waals surface area contributed by atoms with Crippen LogP contribution in [0, 0.1) is 0 Å². The van der Waals surface area contributed by atoms with Crippen LogP contribution in [0.2, 0.25) is 0 Å². The van der Waals surface area contributed by atoms with Crippen molar-refractivity contribution in [1.82, 2.24) is 10.3 Å². The third kappa shape index (κ3) is 3.08. The van der Waals surface area contributed by atoms with Gasteiger partial charge in [-0.3, -0.25) is 4.79 Å². The molecule has 0 amide bonds. The molecule has 0 saturated carbocycles. The Labute approximate surface area is 120 Å². The highest BCUT2D eigenvalue weighted by molar-refractivity contribution is 8.01. The van der Waals surface area contributed by atoms with Gasteiger partial charge in [-0.1, -0.05) is 23.9 Å². The van der Waals surface area contributed by atoms with Crippen molar-refractivity contribution in [2.45, 2.75) is 16.8 Å². The number of likely N-dealkylation sites (N-methyl/N-ethyl adjacent to an activating group) is 1. The number of carbonyl (C=O) groups is 1. The quantitative estimate of drug-likeness (QED) is 0.679. The number of nitrogens with one attached hydrogen (secondary N) is 1. The zero-order valence-electron chi connectivity index (χ0n) is 11.1. The highest BCUT2D eigenvalue weighted by Gasteiger charge is 2.33. The number of benzene rings is 1. The molecule has 1 N–H and O–H groups in total. The van der Waals surface area contributed by atoms with Crippen LogP contribution >= 0.6 is 23.1 Å². The van der Waals surface area contributed by atoms with E-state index in [1.165, 1.54) is 7.11 Å². The lowest BCUT2D eigenvalue weighted by Crippen LogP contribution is -2.50. The Morgan fingerprint density at radius 1 is 1.53 bits per heavy atom. The van der Waals surface area contributed by atoms with Crippen LogP contribution in [-0.4, -0.2) is 36.4 Å². The Kier molecular flexibility index (Phi) is 4.44. The normalized spacial score (nSPS) is 14.3. The summed E-state index contributed by atoms with van der Waals surface area (Å²) in [6.45, 7) is 1.83. The van der Waals surface area contributed by atoms with E-state index in [0.717, 1.165) is 14.6 Å². The van der Waals surface area contributed by atoms with E-state index < -0.39 is 5.54 Å². The number of esters is 1. The van der Waals surface area contributed by atoms with Gasteiger partial charge in [-0.2, -0.15) is 0 Å². The molecule has 0 fully saturated rings. The maximum atomic E-state index is 11.7. The van der Waals surface area contributed by atoms with E-state index in [1.54, 1.807) is 30.1 Å². The summed E-state index contributed by atoms with van der Waals surface area (Å²) in [5.41, 5.74) is 0.302. The third-order valence-corrected chi connectivity index (χ3v) is 5.44. The van der Waals surface area contributed by atoms with E-state index in [2.05, 4.69) is 16.4 Å². The summed E-state index contributed by atoms with van der Waals surface area (Å²) in [7, 11) is 3.16. The monoisotopic (exact) mass is 296 g/mol. The number of carbonyl (C=O) groups excluding carboxylic acids is 1. The molecular weight excluding hydrogens is 280 g/mol. The SMILES string of the molecule is CNC(C)(CSc1nc2ccccc2s1)C(=O)OC. The Balaban J connectivity index is 2.11. The molecule has 1 unspecified atom stereocenters. The second kappa shape index (κ2) is 5.90. The van der Waals surface area contributed by atoms with Crippen LogP contribution in [0.3, 0.4) is 0 Å². The van der Waals surface area contributed by atoms with Crippen LogP contribution < -0.4 is 5.32 Å². The van der Waals surface area contributed by atoms with Crippen molar-refractivity contribution >= 4 is 39.3 Å². The molecule has 0 spiro atoms. The van der Waals surface area contributed by atoms with Crippen molar-refractivity contribution in [3.8, 4) is 0 Å². The Morgan fingerprint density at radius 2 is 2.26 bits per heavy atom. The van der Waals surface area contributed by atoms with Crippen LogP contribution in [0.5, 0.6) is 0 Å².